The van der Waals surface area contributed by atoms with E-state index in [-0.39, 0.29) is 5.56 Å². The Morgan fingerprint density at radius 3 is 2.95 bits per heavy atom. The predicted molar refractivity (Wildman–Crippen MR) is 71.3 cm³/mol. The molecule has 0 radical (unpaired) electrons. The van der Waals surface area contributed by atoms with Crippen molar-refractivity contribution in [3.63, 3.8) is 0 Å². The van der Waals surface area contributed by atoms with Gasteiger partial charge in [-0.3, -0.25) is 0 Å². The molecule has 3 rings (SSSR count). The van der Waals surface area contributed by atoms with Gasteiger partial charge in [-0.1, -0.05) is 5.21 Å². The summed E-state index contributed by atoms with van der Waals surface area (Å²) in [6, 6.07) is 4.82. The lowest BCUT2D eigenvalue weighted by molar-refractivity contribution is 0.0697. The number of rotatable bonds is 5. The van der Waals surface area contributed by atoms with Gasteiger partial charge in [-0.25, -0.2) is 14.5 Å². The summed E-state index contributed by atoms with van der Waals surface area (Å²) in [5.74, 6) is -0.946. The summed E-state index contributed by atoms with van der Waals surface area (Å²) < 4.78 is 3.72. The molecule has 1 N–H and O–H groups in total. The fourth-order valence-corrected chi connectivity index (χ4v) is 2.09. The average molecular weight is 271 g/mol. The van der Waals surface area contributed by atoms with Crippen molar-refractivity contribution in [3.05, 3.63) is 42.5 Å². The second kappa shape index (κ2) is 5.12. The van der Waals surface area contributed by atoms with E-state index in [0.717, 1.165) is 18.5 Å². The number of carboxylic acid groups (broad SMARTS) is 1. The highest BCUT2D eigenvalue weighted by atomic mass is 16.4. The first-order chi connectivity index (χ1) is 9.74. The van der Waals surface area contributed by atoms with Crippen molar-refractivity contribution in [1.82, 2.24) is 24.5 Å². The molecular weight excluding hydrogens is 258 g/mol. The summed E-state index contributed by atoms with van der Waals surface area (Å²) >= 11 is 0. The first-order valence-electron chi connectivity index (χ1n) is 6.26. The topological polar surface area (TPSA) is 85.8 Å². The molecule has 0 atom stereocenters. The van der Waals surface area contributed by atoms with Gasteiger partial charge in [0, 0.05) is 25.5 Å². The minimum atomic E-state index is -0.946. The maximum atomic E-state index is 11.0. The van der Waals surface area contributed by atoms with Crippen LogP contribution < -0.4 is 0 Å². The molecule has 0 saturated carbocycles. The number of hydrogen-bond donors (Lipinski definition) is 1. The molecule has 0 bridgehead atoms. The van der Waals surface area contributed by atoms with E-state index in [2.05, 4.69) is 15.3 Å². The number of carbonyl (C=O) groups is 1. The van der Waals surface area contributed by atoms with Crippen LogP contribution in [0.3, 0.4) is 0 Å². The fraction of sp³-hybridized carbons (Fsp3) is 0.231. The number of aryl methyl sites for hydroxylation is 2. The van der Waals surface area contributed by atoms with Crippen LogP contribution in [0, 0.1) is 0 Å². The molecule has 1 aromatic carbocycles. The van der Waals surface area contributed by atoms with Crippen molar-refractivity contribution < 1.29 is 9.90 Å². The lowest BCUT2D eigenvalue weighted by atomic mass is 10.2. The number of aromatic carboxylic acids is 1. The zero-order valence-corrected chi connectivity index (χ0v) is 10.7. The summed E-state index contributed by atoms with van der Waals surface area (Å²) in [6.45, 7) is 1.51. The quantitative estimate of drug-likeness (QED) is 0.758. The van der Waals surface area contributed by atoms with Gasteiger partial charge in [0.15, 0.2) is 0 Å². The third-order valence-electron chi connectivity index (χ3n) is 3.11. The largest absolute Gasteiger partial charge is 0.478 e. The number of benzene rings is 1. The normalized spacial score (nSPS) is 11.0. The maximum Gasteiger partial charge on any atom is 0.335 e. The second-order valence-corrected chi connectivity index (χ2v) is 4.48. The van der Waals surface area contributed by atoms with Crippen LogP contribution in [0.25, 0.3) is 11.0 Å². The molecule has 2 aromatic heterocycles. The Kier molecular flexibility index (Phi) is 3.16. The molecule has 102 valence electrons. The van der Waals surface area contributed by atoms with Crippen molar-refractivity contribution in [2.45, 2.75) is 19.5 Å². The van der Waals surface area contributed by atoms with Gasteiger partial charge in [0.25, 0.3) is 0 Å². The van der Waals surface area contributed by atoms with Crippen LogP contribution in [-0.4, -0.2) is 35.6 Å². The SMILES string of the molecule is O=C(O)c1ccc2nnn(CCCn3ccnc3)c2c1. The van der Waals surface area contributed by atoms with E-state index in [9.17, 15) is 4.79 Å². The molecule has 0 amide bonds. The predicted octanol–water partition coefficient (Wildman–Crippen LogP) is 1.42. The van der Waals surface area contributed by atoms with Gasteiger partial charge in [0.1, 0.15) is 5.52 Å². The molecule has 0 unspecified atom stereocenters. The van der Waals surface area contributed by atoms with E-state index in [4.69, 9.17) is 5.11 Å². The first kappa shape index (κ1) is 12.3. The Morgan fingerprint density at radius 2 is 2.20 bits per heavy atom. The van der Waals surface area contributed by atoms with Crippen LogP contribution in [0.5, 0.6) is 0 Å². The smallest absolute Gasteiger partial charge is 0.335 e. The molecule has 0 saturated heterocycles. The number of fused-ring (bicyclic) bond motifs is 1. The lowest BCUT2D eigenvalue weighted by Gasteiger charge is -2.04. The zero-order chi connectivity index (χ0) is 13.9. The monoisotopic (exact) mass is 271 g/mol. The van der Waals surface area contributed by atoms with E-state index < -0.39 is 5.97 Å². The summed E-state index contributed by atoms with van der Waals surface area (Å²) in [5, 5.41) is 17.1. The third-order valence-corrected chi connectivity index (χ3v) is 3.11. The van der Waals surface area contributed by atoms with Crippen LogP contribution in [0.15, 0.2) is 36.9 Å². The fourth-order valence-electron chi connectivity index (χ4n) is 2.09. The van der Waals surface area contributed by atoms with E-state index in [1.807, 2.05) is 10.8 Å². The molecule has 0 aliphatic carbocycles. The Hall–Kier alpha value is -2.70. The molecule has 0 aliphatic rings. The number of carboxylic acids is 1. The number of imidazole rings is 1. The molecule has 2 heterocycles. The van der Waals surface area contributed by atoms with Crippen molar-refractivity contribution in [3.8, 4) is 0 Å². The lowest BCUT2D eigenvalue weighted by Crippen LogP contribution is -2.05. The van der Waals surface area contributed by atoms with E-state index >= 15 is 0 Å². The summed E-state index contributed by atoms with van der Waals surface area (Å²) in [7, 11) is 0. The molecule has 7 heteroatoms. The molecule has 0 fully saturated rings. The first-order valence-corrected chi connectivity index (χ1v) is 6.26. The molecule has 3 aromatic rings. The van der Waals surface area contributed by atoms with Crippen LogP contribution in [0.2, 0.25) is 0 Å². The van der Waals surface area contributed by atoms with Gasteiger partial charge in [0.2, 0.25) is 0 Å². The molecule has 20 heavy (non-hydrogen) atoms. The highest BCUT2D eigenvalue weighted by Gasteiger charge is 2.09. The summed E-state index contributed by atoms with van der Waals surface area (Å²) in [5.41, 5.74) is 1.70. The van der Waals surface area contributed by atoms with Crippen LogP contribution in [-0.2, 0) is 13.1 Å². The Balaban J connectivity index is 1.77. The van der Waals surface area contributed by atoms with Crippen molar-refractivity contribution >= 4 is 17.0 Å². The molecule has 7 nitrogen and oxygen atoms in total. The second-order valence-electron chi connectivity index (χ2n) is 4.48. The van der Waals surface area contributed by atoms with Crippen molar-refractivity contribution in [2.75, 3.05) is 0 Å². The Labute approximate surface area is 114 Å². The van der Waals surface area contributed by atoms with Crippen LogP contribution in [0.1, 0.15) is 16.8 Å². The van der Waals surface area contributed by atoms with E-state index in [1.54, 1.807) is 29.3 Å². The average Bonchev–Trinajstić information content (AvgIpc) is 3.08. The van der Waals surface area contributed by atoms with Gasteiger partial charge in [0.05, 0.1) is 17.4 Å². The Morgan fingerprint density at radius 1 is 1.30 bits per heavy atom. The summed E-state index contributed by atoms with van der Waals surface area (Å²) in [4.78, 5) is 15.0. The van der Waals surface area contributed by atoms with Gasteiger partial charge >= 0.3 is 5.97 Å². The van der Waals surface area contributed by atoms with E-state index in [0.29, 0.717) is 12.1 Å². The minimum Gasteiger partial charge on any atom is -0.478 e. The van der Waals surface area contributed by atoms with Gasteiger partial charge in [-0.05, 0) is 24.6 Å². The van der Waals surface area contributed by atoms with Crippen LogP contribution >= 0.6 is 0 Å². The highest BCUT2D eigenvalue weighted by Crippen LogP contribution is 2.14. The highest BCUT2D eigenvalue weighted by molar-refractivity contribution is 5.92. The number of nitrogens with zero attached hydrogens (tertiary/aromatic N) is 5. The van der Waals surface area contributed by atoms with Gasteiger partial charge in [-0.2, -0.15) is 0 Å². The standard InChI is InChI=1S/C13H13N5O2/c19-13(20)10-2-3-11-12(8-10)18(16-15-11)6-1-5-17-7-4-14-9-17/h2-4,7-9H,1,5-6H2,(H,19,20). The molecular formula is C13H13N5O2. The molecule has 0 aliphatic heterocycles. The van der Waals surface area contributed by atoms with Gasteiger partial charge < -0.3 is 9.67 Å². The maximum absolute atomic E-state index is 11.0. The number of hydrogen-bond acceptors (Lipinski definition) is 4. The van der Waals surface area contributed by atoms with Gasteiger partial charge in [-0.15, -0.1) is 5.10 Å². The van der Waals surface area contributed by atoms with E-state index in [1.165, 1.54) is 6.07 Å². The minimum absolute atomic E-state index is 0.246. The van der Waals surface area contributed by atoms with Crippen molar-refractivity contribution in [1.29, 1.82) is 0 Å². The van der Waals surface area contributed by atoms with Crippen molar-refractivity contribution in [2.24, 2.45) is 0 Å². The molecule has 0 spiro atoms. The zero-order valence-electron chi connectivity index (χ0n) is 10.7. The Bertz CT molecular complexity index is 732. The van der Waals surface area contributed by atoms with Crippen LogP contribution in [0.4, 0.5) is 0 Å². The number of aromatic nitrogens is 5. The third kappa shape index (κ3) is 2.37. The summed E-state index contributed by atoms with van der Waals surface area (Å²) in [6.07, 6.45) is 6.28.